The van der Waals surface area contributed by atoms with E-state index in [-0.39, 0.29) is 5.54 Å². The standard InChI is InChI=1S/C12H25NO/c1-12(13,9-10-14-2)11-7-5-3-4-6-8-11/h11H,3-10,13H2,1-2H3. The van der Waals surface area contributed by atoms with Gasteiger partial charge in [0.2, 0.25) is 0 Å². The SMILES string of the molecule is COCCC(C)(N)C1CCCCCC1. The highest BCUT2D eigenvalue weighted by Gasteiger charge is 2.29. The summed E-state index contributed by atoms with van der Waals surface area (Å²) in [4.78, 5) is 0. The van der Waals surface area contributed by atoms with E-state index in [0.717, 1.165) is 13.0 Å². The molecule has 1 atom stereocenters. The first-order valence-electron chi connectivity index (χ1n) is 5.94. The summed E-state index contributed by atoms with van der Waals surface area (Å²) in [6.45, 7) is 2.99. The molecule has 1 unspecified atom stereocenters. The van der Waals surface area contributed by atoms with Crippen molar-refractivity contribution in [2.45, 2.75) is 57.4 Å². The van der Waals surface area contributed by atoms with E-state index in [4.69, 9.17) is 10.5 Å². The fourth-order valence-corrected chi connectivity index (χ4v) is 2.46. The predicted octanol–water partition coefficient (Wildman–Crippen LogP) is 2.71. The Bertz CT molecular complexity index is 148. The largest absolute Gasteiger partial charge is 0.385 e. The monoisotopic (exact) mass is 199 g/mol. The molecule has 1 fully saturated rings. The summed E-state index contributed by atoms with van der Waals surface area (Å²) in [7, 11) is 1.75. The van der Waals surface area contributed by atoms with Gasteiger partial charge in [-0.2, -0.15) is 0 Å². The summed E-state index contributed by atoms with van der Waals surface area (Å²) >= 11 is 0. The van der Waals surface area contributed by atoms with Gasteiger partial charge in [0, 0.05) is 19.3 Å². The average molecular weight is 199 g/mol. The van der Waals surface area contributed by atoms with Crippen LogP contribution in [0.4, 0.5) is 0 Å². The Morgan fingerprint density at radius 2 is 1.79 bits per heavy atom. The van der Waals surface area contributed by atoms with Gasteiger partial charge < -0.3 is 10.5 Å². The molecule has 0 amide bonds. The average Bonchev–Trinajstić information content (AvgIpc) is 2.43. The van der Waals surface area contributed by atoms with Gasteiger partial charge in [0.15, 0.2) is 0 Å². The van der Waals surface area contributed by atoms with E-state index in [1.54, 1.807) is 7.11 Å². The summed E-state index contributed by atoms with van der Waals surface area (Å²) in [5.74, 6) is 0.708. The highest BCUT2D eigenvalue weighted by atomic mass is 16.5. The van der Waals surface area contributed by atoms with Crippen LogP contribution in [0.25, 0.3) is 0 Å². The second-order valence-electron chi connectivity index (χ2n) is 4.94. The summed E-state index contributed by atoms with van der Waals surface area (Å²) in [5.41, 5.74) is 6.35. The minimum atomic E-state index is -0.0135. The second-order valence-corrected chi connectivity index (χ2v) is 4.94. The van der Waals surface area contributed by atoms with Crippen LogP contribution in [-0.4, -0.2) is 19.3 Å². The molecule has 2 nitrogen and oxygen atoms in total. The van der Waals surface area contributed by atoms with E-state index in [0.29, 0.717) is 5.92 Å². The van der Waals surface area contributed by atoms with E-state index in [1.807, 2.05) is 0 Å². The van der Waals surface area contributed by atoms with Crippen LogP contribution in [0.3, 0.4) is 0 Å². The zero-order valence-corrected chi connectivity index (χ0v) is 9.72. The normalized spacial score (nSPS) is 24.2. The lowest BCUT2D eigenvalue weighted by Crippen LogP contribution is -2.45. The summed E-state index contributed by atoms with van der Waals surface area (Å²) in [5, 5.41) is 0. The Labute approximate surface area is 88.2 Å². The highest BCUT2D eigenvalue weighted by Crippen LogP contribution is 2.31. The summed E-state index contributed by atoms with van der Waals surface area (Å²) < 4.78 is 5.12. The molecule has 1 aliphatic rings. The van der Waals surface area contributed by atoms with E-state index in [9.17, 15) is 0 Å². The quantitative estimate of drug-likeness (QED) is 0.707. The van der Waals surface area contributed by atoms with Crippen LogP contribution >= 0.6 is 0 Å². The minimum absolute atomic E-state index is 0.0135. The molecule has 14 heavy (non-hydrogen) atoms. The van der Waals surface area contributed by atoms with Crippen molar-refractivity contribution < 1.29 is 4.74 Å². The van der Waals surface area contributed by atoms with Crippen molar-refractivity contribution in [3.05, 3.63) is 0 Å². The number of ether oxygens (including phenoxy) is 1. The van der Waals surface area contributed by atoms with Crippen LogP contribution in [0, 0.1) is 5.92 Å². The molecule has 2 heteroatoms. The molecule has 1 rings (SSSR count). The Morgan fingerprint density at radius 1 is 1.21 bits per heavy atom. The molecule has 0 aromatic rings. The lowest BCUT2D eigenvalue weighted by Gasteiger charge is -2.33. The fraction of sp³-hybridized carbons (Fsp3) is 1.00. The maximum absolute atomic E-state index is 6.37. The second kappa shape index (κ2) is 5.72. The molecule has 0 saturated heterocycles. The Balaban J connectivity index is 2.41. The van der Waals surface area contributed by atoms with Crippen molar-refractivity contribution >= 4 is 0 Å². The number of hydrogen-bond donors (Lipinski definition) is 1. The first kappa shape index (κ1) is 12.0. The van der Waals surface area contributed by atoms with Crippen molar-refractivity contribution in [2.24, 2.45) is 11.7 Å². The van der Waals surface area contributed by atoms with Crippen LogP contribution in [0.5, 0.6) is 0 Å². The van der Waals surface area contributed by atoms with Crippen LogP contribution in [0.2, 0.25) is 0 Å². The minimum Gasteiger partial charge on any atom is -0.385 e. The lowest BCUT2D eigenvalue weighted by molar-refractivity contribution is 0.144. The Morgan fingerprint density at radius 3 is 2.29 bits per heavy atom. The van der Waals surface area contributed by atoms with Gasteiger partial charge in [0.1, 0.15) is 0 Å². The van der Waals surface area contributed by atoms with Gasteiger partial charge in [-0.3, -0.25) is 0 Å². The number of rotatable bonds is 4. The van der Waals surface area contributed by atoms with Gasteiger partial charge in [-0.15, -0.1) is 0 Å². The molecule has 0 aliphatic heterocycles. The van der Waals surface area contributed by atoms with Gasteiger partial charge in [0.05, 0.1) is 0 Å². The third kappa shape index (κ3) is 3.58. The molecule has 0 aromatic heterocycles. The van der Waals surface area contributed by atoms with E-state index in [1.165, 1.54) is 38.5 Å². The van der Waals surface area contributed by atoms with Gasteiger partial charge in [0.25, 0.3) is 0 Å². The highest BCUT2D eigenvalue weighted by molar-refractivity contribution is 4.87. The molecule has 0 bridgehead atoms. The third-order valence-electron chi connectivity index (χ3n) is 3.63. The van der Waals surface area contributed by atoms with Crippen molar-refractivity contribution in [3.63, 3.8) is 0 Å². The molecule has 0 spiro atoms. The first-order chi connectivity index (χ1) is 6.67. The first-order valence-corrected chi connectivity index (χ1v) is 5.94. The molecule has 0 heterocycles. The van der Waals surface area contributed by atoms with Gasteiger partial charge >= 0.3 is 0 Å². The number of hydrogen-bond acceptors (Lipinski definition) is 2. The van der Waals surface area contributed by atoms with Crippen LogP contribution in [0.15, 0.2) is 0 Å². The molecular formula is C12H25NO. The maximum Gasteiger partial charge on any atom is 0.0479 e. The van der Waals surface area contributed by atoms with Crippen LogP contribution in [0.1, 0.15) is 51.9 Å². The summed E-state index contributed by atoms with van der Waals surface area (Å²) in [6, 6.07) is 0. The predicted molar refractivity (Wildman–Crippen MR) is 60.3 cm³/mol. The molecule has 0 aromatic carbocycles. The molecule has 84 valence electrons. The van der Waals surface area contributed by atoms with E-state index in [2.05, 4.69) is 6.92 Å². The smallest absolute Gasteiger partial charge is 0.0479 e. The van der Waals surface area contributed by atoms with Crippen LogP contribution in [-0.2, 0) is 4.74 Å². The molecule has 0 radical (unpaired) electrons. The zero-order valence-electron chi connectivity index (χ0n) is 9.72. The topological polar surface area (TPSA) is 35.2 Å². The fourth-order valence-electron chi connectivity index (χ4n) is 2.46. The van der Waals surface area contributed by atoms with Gasteiger partial charge in [-0.25, -0.2) is 0 Å². The lowest BCUT2D eigenvalue weighted by atomic mass is 9.79. The molecule has 1 aliphatic carbocycles. The molecule has 2 N–H and O–H groups in total. The zero-order chi connectivity index (χ0) is 10.4. The van der Waals surface area contributed by atoms with Crippen molar-refractivity contribution in [2.75, 3.05) is 13.7 Å². The van der Waals surface area contributed by atoms with Gasteiger partial charge in [-0.1, -0.05) is 25.7 Å². The number of nitrogens with two attached hydrogens (primary N) is 1. The van der Waals surface area contributed by atoms with E-state index >= 15 is 0 Å². The van der Waals surface area contributed by atoms with Gasteiger partial charge in [-0.05, 0) is 32.1 Å². The Kier molecular flexibility index (Phi) is 4.90. The Hall–Kier alpha value is -0.0800. The van der Waals surface area contributed by atoms with Crippen molar-refractivity contribution in [1.82, 2.24) is 0 Å². The van der Waals surface area contributed by atoms with E-state index < -0.39 is 0 Å². The number of methoxy groups -OCH3 is 1. The summed E-state index contributed by atoms with van der Waals surface area (Å²) in [6.07, 6.45) is 9.16. The third-order valence-corrected chi connectivity index (χ3v) is 3.63. The van der Waals surface area contributed by atoms with Crippen molar-refractivity contribution in [1.29, 1.82) is 0 Å². The van der Waals surface area contributed by atoms with Crippen molar-refractivity contribution in [3.8, 4) is 0 Å². The molecular weight excluding hydrogens is 174 g/mol. The molecule has 1 saturated carbocycles. The maximum atomic E-state index is 6.37. The van der Waals surface area contributed by atoms with Crippen LogP contribution < -0.4 is 5.73 Å².